The van der Waals surface area contributed by atoms with Crippen molar-refractivity contribution < 1.29 is 9.30 Å². The zero-order valence-corrected chi connectivity index (χ0v) is 32.4. The Hall–Kier alpha value is -6.72. The molecular weight excluding hydrogens is 685 g/mol. The summed E-state index contributed by atoms with van der Waals surface area (Å²) in [5.41, 5.74) is 11.3. The molecule has 0 aliphatic heterocycles. The van der Waals surface area contributed by atoms with E-state index in [0.29, 0.717) is 5.92 Å². The van der Waals surface area contributed by atoms with Gasteiger partial charge in [-0.1, -0.05) is 126 Å². The van der Waals surface area contributed by atoms with Crippen LogP contribution >= 0.6 is 0 Å². The molecule has 274 valence electrons. The number of fused-ring (bicyclic) bond motifs is 3. The Balaban J connectivity index is 1.10. The van der Waals surface area contributed by atoms with Crippen LogP contribution in [0.1, 0.15) is 51.7 Å². The maximum atomic E-state index is 6.65. The second-order valence-electron chi connectivity index (χ2n) is 15.8. The van der Waals surface area contributed by atoms with Gasteiger partial charge in [0.25, 0.3) is 6.33 Å². The Labute approximate surface area is 328 Å². The molecule has 9 rings (SSSR count). The predicted octanol–water partition coefficient (Wildman–Crippen LogP) is 12.6. The highest BCUT2D eigenvalue weighted by Crippen LogP contribution is 2.38. The van der Waals surface area contributed by atoms with Gasteiger partial charge < -0.3 is 4.74 Å². The highest BCUT2D eigenvalue weighted by molar-refractivity contribution is 6.09. The topological polar surface area (TPSA) is 35.9 Å². The molecule has 0 aliphatic carbocycles. The van der Waals surface area contributed by atoms with E-state index in [9.17, 15) is 0 Å². The quantitative estimate of drug-likeness (QED) is 0.115. The van der Waals surface area contributed by atoms with E-state index in [2.05, 4.69) is 196 Å². The van der Waals surface area contributed by atoms with Crippen molar-refractivity contribution in [1.82, 2.24) is 14.1 Å². The van der Waals surface area contributed by atoms with Gasteiger partial charge in [0.2, 0.25) is 0 Å². The van der Waals surface area contributed by atoms with Gasteiger partial charge in [0, 0.05) is 35.4 Å². The molecule has 9 aromatic rings. The number of ether oxygens (including phenoxy) is 1. The lowest BCUT2D eigenvalue weighted by Gasteiger charge is -2.19. The molecule has 0 radical (unpaired) electrons. The standard InChI is InChI=1S/C51H44N4O/c1-35(2)38-26-27-52-49(30-38)55-47-25-22-39(51(3,4)5)31-46(47)45-24-23-42(33-48(45)55)56-41-19-12-18-40(32-41)53-28-29-54(34-53)50-43(36-14-8-6-9-15-36)20-13-21-44(50)37-16-10-7-11-17-37/h6-33,35H,1-5H3. The molecule has 0 N–H and O–H groups in total. The maximum absolute atomic E-state index is 6.65. The van der Waals surface area contributed by atoms with Gasteiger partial charge in [0.05, 0.1) is 22.4 Å². The van der Waals surface area contributed by atoms with Gasteiger partial charge in [0.1, 0.15) is 17.3 Å². The molecule has 0 bridgehead atoms. The highest BCUT2D eigenvalue weighted by atomic mass is 16.5. The molecule has 0 saturated carbocycles. The summed E-state index contributed by atoms with van der Waals surface area (Å²) in [7, 11) is 0. The van der Waals surface area contributed by atoms with Gasteiger partial charge in [-0.25, -0.2) is 4.98 Å². The highest BCUT2D eigenvalue weighted by Gasteiger charge is 2.20. The molecule has 5 heteroatoms. The fraction of sp³-hybridized carbons (Fsp3) is 0.137. The van der Waals surface area contributed by atoms with Crippen molar-refractivity contribution in [1.29, 1.82) is 0 Å². The van der Waals surface area contributed by atoms with Crippen LogP contribution in [0.4, 0.5) is 0 Å². The Bertz CT molecular complexity index is 2780. The average molecular weight is 729 g/mol. The zero-order valence-electron chi connectivity index (χ0n) is 32.4. The SMILES string of the molecule is CC(C)c1ccnc(-n2c3ccc(C(C)(C)C)cc3c3ccc(Oc4cccc(-n5[c-][n+](-c6c(-c7ccccc7)cccc6-c6ccccc6)cc5)c4)cc32)c1. The van der Waals surface area contributed by atoms with Crippen molar-refractivity contribution in [3.8, 4) is 50.9 Å². The van der Waals surface area contributed by atoms with Gasteiger partial charge in [-0.05, 0) is 99.3 Å². The summed E-state index contributed by atoms with van der Waals surface area (Å²) < 4.78 is 13.0. The summed E-state index contributed by atoms with van der Waals surface area (Å²) >= 11 is 0. The molecule has 0 unspecified atom stereocenters. The van der Waals surface area contributed by atoms with E-state index in [0.717, 1.165) is 62.0 Å². The van der Waals surface area contributed by atoms with Gasteiger partial charge in [0.15, 0.2) is 0 Å². The average Bonchev–Trinajstić information content (AvgIpc) is 3.84. The molecule has 0 aliphatic rings. The molecule has 0 fully saturated rings. The Morgan fingerprint density at radius 1 is 0.643 bits per heavy atom. The number of pyridine rings is 1. The summed E-state index contributed by atoms with van der Waals surface area (Å²) in [5.74, 6) is 2.79. The largest absolute Gasteiger partial charge is 0.458 e. The third kappa shape index (κ3) is 6.56. The van der Waals surface area contributed by atoms with E-state index < -0.39 is 0 Å². The van der Waals surface area contributed by atoms with Crippen LogP contribution in [-0.4, -0.2) is 14.1 Å². The third-order valence-electron chi connectivity index (χ3n) is 10.6. The monoisotopic (exact) mass is 728 g/mol. The van der Waals surface area contributed by atoms with Crippen LogP contribution in [0.2, 0.25) is 0 Å². The molecule has 0 saturated heterocycles. The summed E-state index contributed by atoms with van der Waals surface area (Å²) in [6.45, 7) is 11.2. The molecular formula is C51H44N4O. The van der Waals surface area contributed by atoms with Crippen molar-refractivity contribution in [3.05, 3.63) is 188 Å². The number of para-hydroxylation sites is 1. The minimum absolute atomic E-state index is 0.0262. The third-order valence-corrected chi connectivity index (χ3v) is 10.6. The van der Waals surface area contributed by atoms with Crippen LogP contribution in [0.5, 0.6) is 11.5 Å². The molecule has 0 amide bonds. The van der Waals surface area contributed by atoms with Crippen LogP contribution in [-0.2, 0) is 5.41 Å². The molecule has 6 aromatic carbocycles. The summed E-state index contributed by atoms with van der Waals surface area (Å²) in [5, 5.41) is 2.37. The Morgan fingerprint density at radius 2 is 1.34 bits per heavy atom. The summed E-state index contributed by atoms with van der Waals surface area (Å²) in [4.78, 5) is 4.88. The number of benzene rings is 6. The lowest BCUT2D eigenvalue weighted by Crippen LogP contribution is -2.30. The molecule has 3 aromatic heterocycles. The van der Waals surface area contributed by atoms with Crippen molar-refractivity contribution in [2.45, 2.75) is 46.0 Å². The van der Waals surface area contributed by atoms with E-state index >= 15 is 0 Å². The van der Waals surface area contributed by atoms with Gasteiger partial charge in [-0.2, -0.15) is 0 Å². The van der Waals surface area contributed by atoms with Crippen LogP contribution in [0.3, 0.4) is 0 Å². The second kappa shape index (κ2) is 14.2. The molecule has 56 heavy (non-hydrogen) atoms. The van der Waals surface area contributed by atoms with E-state index in [1.165, 1.54) is 21.9 Å². The number of hydrogen-bond donors (Lipinski definition) is 0. The molecule has 3 heterocycles. The first-order valence-electron chi connectivity index (χ1n) is 19.3. The Kier molecular flexibility index (Phi) is 8.86. The van der Waals surface area contributed by atoms with Crippen molar-refractivity contribution >= 4 is 21.8 Å². The van der Waals surface area contributed by atoms with E-state index in [-0.39, 0.29) is 5.41 Å². The lowest BCUT2D eigenvalue weighted by molar-refractivity contribution is -0.598. The van der Waals surface area contributed by atoms with Crippen molar-refractivity contribution in [3.63, 3.8) is 0 Å². The van der Waals surface area contributed by atoms with Crippen LogP contribution < -0.4 is 9.30 Å². The van der Waals surface area contributed by atoms with Crippen molar-refractivity contribution in [2.75, 3.05) is 0 Å². The number of rotatable bonds is 8. The normalized spacial score (nSPS) is 11.8. The van der Waals surface area contributed by atoms with E-state index in [4.69, 9.17) is 9.72 Å². The Morgan fingerprint density at radius 3 is 2.04 bits per heavy atom. The maximum Gasteiger partial charge on any atom is 0.268 e. The predicted molar refractivity (Wildman–Crippen MR) is 228 cm³/mol. The number of nitrogens with zero attached hydrogens (tertiary/aromatic N) is 4. The van der Waals surface area contributed by atoms with Gasteiger partial charge >= 0.3 is 0 Å². The van der Waals surface area contributed by atoms with Crippen LogP contribution in [0, 0.1) is 6.33 Å². The van der Waals surface area contributed by atoms with Crippen LogP contribution in [0.25, 0.3) is 61.3 Å². The minimum atomic E-state index is 0.0262. The summed E-state index contributed by atoms with van der Waals surface area (Å²) in [6, 6.07) is 53.3. The first-order valence-corrected chi connectivity index (χ1v) is 19.3. The minimum Gasteiger partial charge on any atom is -0.458 e. The smallest absolute Gasteiger partial charge is 0.268 e. The van der Waals surface area contributed by atoms with E-state index in [1.807, 2.05) is 29.1 Å². The first-order chi connectivity index (χ1) is 27.2. The van der Waals surface area contributed by atoms with Gasteiger partial charge in [-0.15, -0.1) is 0 Å². The fourth-order valence-electron chi connectivity index (χ4n) is 7.61. The van der Waals surface area contributed by atoms with Crippen LogP contribution in [0.15, 0.2) is 170 Å². The fourth-order valence-corrected chi connectivity index (χ4v) is 7.61. The molecule has 5 nitrogen and oxygen atoms in total. The zero-order chi connectivity index (χ0) is 38.4. The van der Waals surface area contributed by atoms with Gasteiger partial charge in [-0.3, -0.25) is 13.7 Å². The number of aromatic nitrogens is 4. The summed E-state index contributed by atoms with van der Waals surface area (Å²) in [6.07, 6.45) is 9.65. The first kappa shape index (κ1) is 35.0. The molecule has 0 spiro atoms. The molecule has 0 atom stereocenters. The lowest BCUT2D eigenvalue weighted by atomic mass is 9.86. The number of imidazole rings is 1. The second-order valence-corrected chi connectivity index (χ2v) is 15.8. The van der Waals surface area contributed by atoms with E-state index in [1.54, 1.807) is 0 Å². The number of hydrogen-bond acceptors (Lipinski definition) is 2. The van der Waals surface area contributed by atoms with Crippen molar-refractivity contribution in [2.24, 2.45) is 0 Å².